The molecule has 2 aliphatic rings. The third-order valence-corrected chi connectivity index (χ3v) is 6.65. The highest BCUT2D eigenvalue weighted by atomic mass is 16.1. The van der Waals surface area contributed by atoms with Crippen molar-refractivity contribution in [1.82, 2.24) is 14.7 Å². The molecule has 0 bridgehead atoms. The molecule has 0 N–H and O–H groups in total. The number of ketones is 1. The van der Waals surface area contributed by atoms with Gasteiger partial charge >= 0.3 is 0 Å². The molecule has 4 nitrogen and oxygen atoms in total. The Hall–Kier alpha value is -1.16. The van der Waals surface area contributed by atoms with E-state index in [1.54, 1.807) is 0 Å². The fraction of sp³-hybridized carbons (Fsp3) is 0.826. The van der Waals surface area contributed by atoms with Gasteiger partial charge in [-0.2, -0.15) is 5.10 Å². The van der Waals surface area contributed by atoms with Gasteiger partial charge in [-0.1, -0.05) is 34.6 Å². The summed E-state index contributed by atoms with van der Waals surface area (Å²) in [5.74, 6) is 1.10. The predicted octanol–water partition coefficient (Wildman–Crippen LogP) is 5.28. The first-order valence-electron chi connectivity index (χ1n) is 11.4. The normalized spacial score (nSPS) is 25.5. The topological polar surface area (TPSA) is 38.1 Å². The monoisotopic (exact) mass is 375 g/mol. The molecule has 0 spiro atoms. The Labute approximate surface area is 166 Å². The average molecular weight is 376 g/mol. The van der Waals surface area contributed by atoms with Gasteiger partial charge in [-0.25, -0.2) is 0 Å². The van der Waals surface area contributed by atoms with Crippen molar-refractivity contribution < 1.29 is 4.79 Å². The van der Waals surface area contributed by atoms with Crippen LogP contribution in [0.5, 0.6) is 0 Å². The third kappa shape index (κ3) is 5.66. The highest BCUT2D eigenvalue weighted by Gasteiger charge is 2.32. The molecule has 4 heteroatoms. The molecule has 3 rings (SSSR count). The first kappa shape index (κ1) is 22.1. The summed E-state index contributed by atoms with van der Waals surface area (Å²) in [6.07, 6.45) is 13.3. The van der Waals surface area contributed by atoms with E-state index in [1.165, 1.54) is 44.3 Å². The Morgan fingerprint density at radius 1 is 1.07 bits per heavy atom. The van der Waals surface area contributed by atoms with Gasteiger partial charge in [0.1, 0.15) is 5.78 Å². The van der Waals surface area contributed by atoms with Crippen LogP contribution in [0.1, 0.15) is 91.2 Å². The number of piperidine rings is 1. The summed E-state index contributed by atoms with van der Waals surface area (Å²) in [5, 5.41) is 4.56. The lowest BCUT2D eigenvalue weighted by Crippen LogP contribution is -2.44. The van der Waals surface area contributed by atoms with E-state index in [0.717, 1.165) is 25.7 Å². The molecule has 1 unspecified atom stereocenters. The molecule has 0 amide bonds. The molecule has 2 heterocycles. The van der Waals surface area contributed by atoms with Crippen LogP contribution in [0.3, 0.4) is 0 Å². The van der Waals surface area contributed by atoms with Gasteiger partial charge in [0.25, 0.3) is 0 Å². The molecule has 1 aromatic heterocycles. The lowest BCUT2D eigenvalue weighted by atomic mass is 9.79. The summed E-state index contributed by atoms with van der Waals surface area (Å²) in [4.78, 5) is 15.1. The molecular weight excluding hydrogens is 334 g/mol. The Morgan fingerprint density at radius 3 is 2.22 bits per heavy atom. The van der Waals surface area contributed by atoms with Gasteiger partial charge in [0, 0.05) is 37.2 Å². The third-order valence-electron chi connectivity index (χ3n) is 6.65. The Kier molecular flexibility index (Phi) is 9.01. The van der Waals surface area contributed by atoms with Crippen molar-refractivity contribution in [3.8, 4) is 0 Å². The maximum atomic E-state index is 12.4. The molecule has 1 atom stereocenters. The number of hydrogen-bond donors (Lipinski definition) is 0. The molecule has 1 aromatic rings. The van der Waals surface area contributed by atoms with Crippen LogP contribution < -0.4 is 0 Å². The van der Waals surface area contributed by atoms with Crippen LogP contribution in [-0.4, -0.2) is 39.6 Å². The lowest BCUT2D eigenvalue weighted by molar-refractivity contribution is -0.127. The second-order valence-corrected chi connectivity index (χ2v) is 8.17. The van der Waals surface area contributed by atoms with Crippen molar-refractivity contribution in [2.45, 2.75) is 98.1 Å². The van der Waals surface area contributed by atoms with E-state index in [0.29, 0.717) is 23.8 Å². The summed E-state index contributed by atoms with van der Waals surface area (Å²) in [6.45, 7) is 12.8. The number of rotatable bonds is 6. The van der Waals surface area contributed by atoms with Crippen molar-refractivity contribution in [3.63, 3.8) is 0 Å². The van der Waals surface area contributed by atoms with E-state index in [2.05, 4.69) is 41.6 Å². The minimum atomic E-state index is 0.249. The Balaban J connectivity index is 0.00000126. The van der Waals surface area contributed by atoms with E-state index in [4.69, 9.17) is 0 Å². The fourth-order valence-corrected chi connectivity index (χ4v) is 4.60. The summed E-state index contributed by atoms with van der Waals surface area (Å²) >= 11 is 0. The van der Waals surface area contributed by atoms with Gasteiger partial charge in [-0.15, -0.1) is 0 Å². The van der Waals surface area contributed by atoms with Crippen LogP contribution in [0.15, 0.2) is 12.4 Å². The van der Waals surface area contributed by atoms with Crippen molar-refractivity contribution in [2.75, 3.05) is 13.1 Å². The number of Topliss-reactive ketones (excluding diaryl/α,β-unsaturated/α-hetero) is 1. The number of aryl methyl sites for hydroxylation is 1. The summed E-state index contributed by atoms with van der Waals surface area (Å²) in [5.41, 5.74) is 1.34. The van der Waals surface area contributed by atoms with Crippen molar-refractivity contribution in [3.05, 3.63) is 18.0 Å². The molecule has 1 aliphatic heterocycles. The maximum Gasteiger partial charge on any atom is 0.138 e. The minimum absolute atomic E-state index is 0.249. The largest absolute Gasteiger partial charge is 0.300 e. The van der Waals surface area contributed by atoms with Crippen LogP contribution >= 0.6 is 0 Å². The van der Waals surface area contributed by atoms with Gasteiger partial charge in [-0.3, -0.25) is 9.48 Å². The molecular formula is C23H41N3O. The molecule has 2 fully saturated rings. The van der Waals surface area contributed by atoms with E-state index in [9.17, 15) is 4.79 Å². The first-order valence-corrected chi connectivity index (χ1v) is 11.4. The quantitative estimate of drug-likeness (QED) is 0.678. The highest BCUT2D eigenvalue weighted by molar-refractivity contribution is 5.83. The molecule has 27 heavy (non-hydrogen) atoms. The summed E-state index contributed by atoms with van der Waals surface area (Å²) < 4.78 is 2.19. The summed E-state index contributed by atoms with van der Waals surface area (Å²) in [7, 11) is 0. The number of aromatic nitrogens is 2. The van der Waals surface area contributed by atoms with Gasteiger partial charge in [0.15, 0.2) is 0 Å². The molecule has 1 saturated carbocycles. The SMILES string of the molecule is CC.CCc1cnn(C2CCN(C3CCC(C(=O)C(C)CC)CC3)CC2)c1. The average Bonchev–Trinajstić information content (AvgIpc) is 3.23. The zero-order valence-corrected chi connectivity index (χ0v) is 18.3. The van der Waals surface area contributed by atoms with Gasteiger partial charge < -0.3 is 4.90 Å². The lowest BCUT2D eigenvalue weighted by Gasteiger charge is -2.40. The van der Waals surface area contributed by atoms with Crippen LogP contribution in [-0.2, 0) is 11.2 Å². The zero-order valence-electron chi connectivity index (χ0n) is 18.3. The van der Waals surface area contributed by atoms with Gasteiger partial charge in [0.2, 0.25) is 0 Å². The van der Waals surface area contributed by atoms with Crippen LogP contribution in [0, 0.1) is 11.8 Å². The van der Waals surface area contributed by atoms with Crippen molar-refractivity contribution >= 4 is 5.78 Å². The molecule has 1 aliphatic carbocycles. The second-order valence-electron chi connectivity index (χ2n) is 8.17. The fourth-order valence-electron chi connectivity index (χ4n) is 4.60. The summed E-state index contributed by atoms with van der Waals surface area (Å²) in [6, 6.07) is 1.27. The number of hydrogen-bond acceptors (Lipinski definition) is 3. The van der Waals surface area contributed by atoms with E-state index in [1.807, 2.05) is 20.0 Å². The number of likely N-dealkylation sites (tertiary alicyclic amines) is 1. The first-order chi connectivity index (χ1) is 13.1. The van der Waals surface area contributed by atoms with Crippen LogP contribution in [0.4, 0.5) is 0 Å². The maximum absolute atomic E-state index is 12.4. The highest BCUT2D eigenvalue weighted by Crippen LogP contribution is 2.33. The second kappa shape index (κ2) is 11.0. The zero-order chi connectivity index (χ0) is 19.8. The van der Waals surface area contributed by atoms with Crippen LogP contribution in [0.25, 0.3) is 0 Å². The number of nitrogens with zero attached hydrogens (tertiary/aromatic N) is 3. The number of carbonyl (C=O) groups excluding carboxylic acids is 1. The van der Waals surface area contributed by atoms with Gasteiger partial charge in [0.05, 0.1) is 12.2 Å². The van der Waals surface area contributed by atoms with Crippen molar-refractivity contribution in [2.24, 2.45) is 11.8 Å². The van der Waals surface area contributed by atoms with Crippen molar-refractivity contribution in [1.29, 1.82) is 0 Å². The molecule has 0 aromatic carbocycles. The van der Waals surface area contributed by atoms with E-state index < -0.39 is 0 Å². The Morgan fingerprint density at radius 2 is 1.70 bits per heavy atom. The smallest absolute Gasteiger partial charge is 0.138 e. The van der Waals surface area contributed by atoms with E-state index >= 15 is 0 Å². The standard InChI is InChI=1S/C21H35N3O.C2H6/c1-4-16(3)21(25)18-6-8-19(9-7-18)23-12-10-20(11-13-23)24-15-17(5-2)14-22-24;1-2/h14-16,18-20H,4-13H2,1-3H3;1-2H3. The molecule has 154 valence electrons. The number of carbonyl (C=O) groups is 1. The van der Waals surface area contributed by atoms with E-state index in [-0.39, 0.29) is 5.92 Å². The predicted molar refractivity (Wildman–Crippen MR) is 113 cm³/mol. The molecule has 1 saturated heterocycles. The minimum Gasteiger partial charge on any atom is -0.300 e. The Bertz CT molecular complexity index is 552. The molecule has 0 radical (unpaired) electrons. The van der Waals surface area contributed by atoms with Gasteiger partial charge in [-0.05, 0) is 56.9 Å². The van der Waals surface area contributed by atoms with Crippen LogP contribution in [0.2, 0.25) is 0 Å².